The first-order chi connectivity index (χ1) is 16.3. The molecule has 34 heavy (non-hydrogen) atoms. The van der Waals surface area contributed by atoms with Gasteiger partial charge in [0, 0.05) is 42.9 Å². The zero-order chi connectivity index (χ0) is 24.7. The quantitative estimate of drug-likeness (QED) is 0.385. The Bertz CT molecular complexity index is 1050. The highest BCUT2D eigenvalue weighted by Crippen LogP contribution is 2.33. The fourth-order valence-corrected chi connectivity index (χ4v) is 3.95. The number of unbranched alkanes of at least 4 members (excludes halogenated alkanes) is 1. The van der Waals surface area contributed by atoms with E-state index >= 15 is 0 Å². The Morgan fingerprint density at radius 1 is 1.15 bits per heavy atom. The standard InChI is InChI=1S/C25H32N4O5/c1-4-5-6-24(30)27-20-9-8-19(16-23(20)34-3)26-25(31)18-7-10-21(22(15-18)29(32)33)28-13-11-17(2)12-14-28/h7-10,15-17H,4-6,11-14H2,1-3H3,(H,26,31)(H,27,30). The molecule has 0 spiro atoms. The van der Waals surface area contributed by atoms with Gasteiger partial charge in [-0.1, -0.05) is 20.3 Å². The number of nitrogens with one attached hydrogen (secondary N) is 2. The third kappa shape index (κ3) is 6.24. The van der Waals surface area contributed by atoms with Gasteiger partial charge in [-0.05, 0) is 49.4 Å². The van der Waals surface area contributed by atoms with E-state index in [1.54, 1.807) is 30.3 Å². The molecule has 9 nitrogen and oxygen atoms in total. The highest BCUT2D eigenvalue weighted by atomic mass is 16.6. The maximum Gasteiger partial charge on any atom is 0.293 e. The van der Waals surface area contributed by atoms with Gasteiger partial charge in [0.05, 0.1) is 17.7 Å². The van der Waals surface area contributed by atoms with Crippen LogP contribution >= 0.6 is 0 Å². The van der Waals surface area contributed by atoms with E-state index in [1.807, 2.05) is 11.8 Å². The van der Waals surface area contributed by atoms with Crippen LogP contribution in [0.1, 0.15) is 56.3 Å². The van der Waals surface area contributed by atoms with Gasteiger partial charge in [-0.15, -0.1) is 0 Å². The van der Waals surface area contributed by atoms with Crippen molar-refractivity contribution in [1.82, 2.24) is 0 Å². The van der Waals surface area contributed by atoms with Crippen molar-refractivity contribution in [3.05, 3.63) is 52.1 Å². The molecule has 1 aliphatic heterocycles. The SMILES string of the molecule is CCCCC(=O)Nc1ccc(NC(=O)c2ccc(N3CCC(C)CC3)c([N+](=O)[O-])c2)cc1OC. The average Bonchev–Trinajstić information content (AvgIpc) is 2.83. The first-order valence-corrected chi connectivity index (χ1v) is 11.6. The Hall–Kier alpha value is -3.62. The lowest BCUT2D eigenvalue weighted by Gasteiger charge is -2.31. The third-order valence-electron chi connectivity index (χ3n) is 6.05. The molecule has 2 amide bonds. The zero-order valence-electron chi connectivity index (χ0n) is 19.9. The average molecular weight is 469 g/mol. The van der Waals surface area contributed by atoms with Crippen LogP contribution in [0.2, 0.25) is 0 Å². The molecular weight excluding hydrogens is 436 g/mol. The molecule has 1 fully saturated rings. The van der Waals surface area contributed by atoms with Gasteiger partial charge in [0.25, 0.3) is 11.6 Å². The maximum absolute atomic E-state index is 12.8. The highest BCUT2D eigenvalue weighted by molar-refractivity contribution is 6.05. The first-order valence-electron chi connectivity index (χ1n) is 11.6. The van der Waals surface area contributed by atoms with Crippen LogP contribution in [0, 0.1) is 16.0 Å². The van der Waals surface area contributed by atoms with Gasteiger partial charge in [-0.2, -0.15) is 0 Å². The van der Waals surface area contributed by atoms with E-state index in [0.29, 0.717) is 35.2 Å². The number of amides is 2. The Balaban J connectivity index is 1.75. The summed E-state index contributed by atoms with van der Waals surface area (Å²) < 4.78 is 5.36. The summed E-state index contributed by atoms with van der Waals surface area (Å²) in [5.74, 6) is 0.438. The zero-order valence-corrected chi connectivity index (χ0v) is 19.9. The minimum Gasteiger partial charge on any atom is -0.494 e. The Morgan fingerprint density at radius 2 is 1.88 bits per heavy atom. The molecule has 182 valence electrons. The summed E-state index contributed by atoms with van der Waals surface area (Å²) >= 11 is 0. The fourth-order valence-electron chi connectivity index (χ4n) is 3.95. The van der Waals surface area contributed by atoms with Crippen LogP contribution in [0.4, 0.5) is 22.7 Å². The molecule has 3 rings (SSSR count). The lowest BCUT2D eigenvalue weighted by atomic mass is 9.98. The Kier molecular flexibility index (Phi) is 8.45. The van der Waals surface area contributed by atoms with Crippen molar-refractivity contribution in [3.8, 4) is 5.75 Å². The lowest BCUT2D eigenvalue weighted by molar-refractivity contribution is -0.384. The van der Waals surface area contributed by atoms with E-state index in [9.17, 15) is 19.7 Å². The second kappa shape index (κ2) is 11.5. The second-order valence-corrected chi connectivity index (χ2v) is 8.65. The molecule has 0 unspecified atom stereocenters. The summed E-state index contributed by atoms with van der Waals surface area (Å²) in [4.78, 5) is 38.2. The van der Waals surface area contributed by atoms with Gasteiger partial charge < -0.3 is 20.3 Å². The van der Waals surface area contributed by atoms with Gasteiger partial charge in [0.1, 0.15) is 11.4 Å². The minimum absolute atomic E-state index is 0.0788. The number of nitro groups is 1. The number of rotatable bonds is 9. The number of carbonyl (C=O) groups is 2. The molecule has 0 aromatic heterocycles. The molecule has 0 radical (unpaired) electrons. The molecule has 2 aromatic rings. The van der Waals surface area contributed by atoms with E-state index in [-0.39, 0.29) is 17.2 Å². The molecule has 0 aliphatic carbocycles. The van der Waals surface area contributed by atoms with Crippen molar-refractivity contribution in [3.63, 3.8) is 0 Å². The van der Waals surface area contributed by atoms with Crippen LogP contribution in [-0.2, 0) is 4.79 Å². The normalized spacial score (nSPS) is 13.9. The summed E-state index contributed by atoms with van der Waals surface area (Å²) in [5.41, 5.74) is 1.61. The smallest absolute Gasteiger partial charge is 0.293 e. The molecule has 0 atom stereocenters. The van der Waals surface area contributed by atoms with Gasteiger partial charge in [0.15, 0.2) is 0 Å². The van der Waals surface area contributed by atoms with Crippen molar-refractivity contribution < 1.29 is 19.2 Å². The number of nitrogens with zero attached hydrogens (tertiary/aromatic N) is 2. The number of piperidine rings is 1. The molecule has 2 N–H and O–H groups in total. The van der Waals surface area contributed by atoms with Crippen LogP contribution < -0.4 is 20.3 Å². The Labute approximate surface area is 199 Å². The summed E-state index contributed by atoms with van der Waals surface area (Å²) in [5, 5.41) is 17.3. The Morgan fingerprint density at radius 3 is 2.53 bits per heavy atom. The molecule has 0 bridgehead atoms. The van der Waals surface area contributed by atoms with E-state index < -0.39 is 10.8 Å². The summed E-state index contributed by atoms with van der Waals surface area (Å²) in [6, 6.07) is 9.48. The fraction of sp³-hybridized carbons (Fsp3) is 0.440. The molecular formula is C25H32N4O5. The van der Waals surface area contributed by atoms with E-state index in [4.69, 9.17) is 4.74 Å². The monoisotopic (exact) mass is 468 g/mol. The number of methoxy groups -OCH3 is 1. The minimum atomic E-state index is -0.469. The van der Waals surface area contributed by atoms with E-state index in [1.165, 1.54) is 13.2 Å². The van der Waals surface area contributed by atoms with Gasteiger partial charge in [-0.3, -0.25) is 19.7 Å². The number of benzene rings is 2. The van der Waals surface area contributed by atoms with Crippen molar-refractivity contribution in [2.75, 3.05) is 35.7 Å². The van der Waals surface area contributed by atoms with Crippen molar-refractivity contribution in [1.29, 1.82) is 0 Å². The number of ether oxygens (including phenoxy) is 1. The number of hydrogen-bond acceptors (Lipinski definition) is 6. The second-order valence-electron chi connectivity index (χ2n) is 8.65. The van der Waals surface area contributed by atoms with Crippen LogP contribution in [0.3, 0.4) is 0 Å². The molecule has 0 saturated carbocycles. The van der Waals surface area contributed by atoms with Crippen LogP contribution in [0.25, 0.3) is 0 Å². The lowest BCUT2D eigenvalue weighted by Crippen LogP contribution is -2.33. The van der Waals surface area contributed by atoms with Gasteiger partial charge >= 0.3 is 0 Å². The largest absolute Gasteiger partial charge is 0.494 e. The van der Waals surface area contributed by atoms with Gasteiger partial charge in [-0.25, -0.2) is 0 Å². The molecule has 1 saturated heterocycles. The number of nitro benzene ring substituents is 1. The predicted molar refractivity (Wildman–Crippen MR) is 133 cm³/mol. The topological polar surface area (TPSA) is 114 Å². The highest BCUT2D eigenvalue weighted by Gasteiger charge is 2.25. The van der Waals surface area contributed by atoms with E-state index in [0.717, 1.165) is 38.8 Å². The molecule has 1 heterocycles. The van der Waals surface area contributed by atoms with Gasteiger partial charge in [0.2, 0.25) is 5.91 Å². The van der Waals surface area contributed by atoms with Crippen molar-refractivity contribution in [2.24, 2.45) is 5.92 Å². The molecule has 1 aliphatic rings. The molecule has 9 heteroatoms. The number of anilines is 3. The van der Waals surface area contributed by atoms with Crippen LogP contribution in [0.15, 0.2) is 36.4 Å². The third-order valence-corrected chi connectivity index (χ3v) is 6.05. The molecule has 2 aromatic carbocycles. The summed E-state index contributed by atoms with van der Waals surface area (Å²) in [7, 11) is 1.48. The maximum atomic E-state index is 12.8. The van der Waals surface area contributed by atoms with E-state index in [2.05, 4.69) is 17.6 Å². The number of hydrogen-bond donors (Lipinski definition) is 2. The van der Waals surface area contributed by atoms with Crippen molar-refractivity contribution >= 4 is 34.6 Å². The van der Waals surface area contributed by atoms with Crippen LogP contribution in [-0.4, -0.2) is 36.9 Å². The van der Waals surface area contributed by atoms with Crippen molar-refractivity contribution in [2.45, 2.75) is 46.0 Å². The van der Waals surface area contributed by atoms with Crippen LogP contribution in [0.5, 0.6) is 5.75 Å². The summed E-state index contributed by atoms with van der Waals surface area (Å²) in [6.07, 6.45) is 4.10. The predicted octanol–water partition coefficient (Wildman–Crippen LogP) is 5.22. The first kappa shape index (κ1) is 25.0. The summed E-state index contributed by atoms with van der Waals surface area (Å²) in [6.45, 7) is 5.71. The number of carbonyl (C=O) groups excluding carboxylic acids is 2.